The summed E-state index contributed by atoms with van der Waals surface area (Å²) < 4.78 is 0. The van der Waals surface area contributed by atoms with Gasteiger partial charge in [-0.25, -0.2) is 0 Å². The van der Waals surface area contributed by atoms with Gasteiger partial charge < -0.3 is 10.2 Å². The van der Waals surface area contributed by atoms with Crippen LogP contribution in [0.2, 0.25) is 0 Å². The van der Waals surface area contributed by atoms with Gasteiger partial charge in [0.15, 0.2) is 0 Å². The average molecular weight is 251 g/mol. The van der Waals surface area contributed by atoms with E-state index < -0.39 is 0 Å². The van der Waals surface area contributed by atoms with Gasteiger partial charge in [0.2, 0.25) is 0 Å². The summed E-state index contributed by atoms with van der Waals surface area (Å²) >= 11 is 0. The van der Waals surface area contributed by atoms with Crippen LogP contribution in [0.25, 0.3) is 0 Å². The first-order chi connectivity index (χ1) is 8.69. The summed E-state index contributed by atoms with van der Waals surface area (Å²) in [6.07, 6.45) is 9.76. The first kappa shape index (κ1) is 15.5. The lowest BCUT2D eigenvalue weighted by Crippen LogP contribution is -2.58. The molecule has 0 aliphatic carbocycles. The highest BCUT2D eigenvalue weighted by atomic mass is 15.3. The summed E-state index contributed by atoms with van der Waals surface area (Å²) in [6.45, 7) is 6.84. The van der Waals surface area contributed by atoms with Gasteiger partial charge in [0, 0.05) is 38.1 Å². The Morgan fingerprint density at radius 1 is 1.39 bits per heavy atom. The number of rotatable bonds is 7. The molecular formula is C15H29N3. The van der Waals surface area contributed by atoms with Crippen LogP contribution in [-0.2, 0) is 0 Å². The van der Waals surface area contributed by atoms with Gasteiger partial charge in [-0.05, 0) is 39.9 Å². The monoisotopic (exact) mass is 251 g/mol. The zero-order valence-electron chi connectivity index (χ0n) is 12.3. The fourth-order valence-corrected chi connectivity index (χ4v) is 2.66. The zero-order chi connectivity index (χ0) is 13.4. The average Bonchev–Trinajstić information content (AvgIpc) is 2.37. The molecule has 0 aromatic heterocycles. The van der Waals surface area contributed by atoms with Crippen LogP contribution in [0.1, 0.15) is 32.6 Å². The Morgan fingerprint density at radius 2 is 2.17 bits per heavy atom. The third-order valence-electron chi connectivity index (χ3n) is 3.86. The maximum absolute atomic E-state index is 5.35. The minimum atomic E-state index is 0.575. The zero-order valence-corrected chi connectivity index (χ0v) is 12.3. The van der Waals surface area contributed by atoms with Crippen molar-refractivity contribution in [3.05, 3.63) is 0 Å². The third-order valence-corrected chi connectivity index (χ3v) is 3.86. The standard InChI is InChI=1S/C15H29N3/c1-5-7-8-9-14(16-10-6-2)15-13-17(3)11-12-18(15)4/h1,14-16H,6-13H2,2-4H3. The van der Waals surface area contributed by atoms with Gasteiger partial charge in [0.1, 0.15) is 0 Å². The van der Waals surface area contributed by atoms with Crippen molar-refractivity contribution in [2.45, 2.75) is 44.7 Å². The number of terminal acetylenes is 1. The molecule has 0 aromatic rings. The predicted octanol–water partition coefficient (Wildman–Crippen LogP) is 1.40. The number of hydrogen-bond acceptors (Lipinski definition) is 3. The molecule has 3 heteroatoms. The van der Waals surface area contributed by atoms with E-state index in [-0.39, 0.29) is 0 Å². The molecule has 2 atom stereocenters. The van der Waals surface area contributed by atoms with Crippen molar-refractivity contribution in [1.82, 2.24) is 15.1 Å². The largest absolute Gasteiger partial charge is 0.312 e. The molecule has 1 N–H and O–H groups in total. The third kappa shape index (κ3) is 4.97. The molecule has 0 aromatic carbocycles. The number of hydrogen-bond donors (Lipinski definition) is 1. The van der Waals surface area contributed by atoms with Crippen molar-refractivity contribution in [1.29, 1.82) is 0 Å². The highest BCUT2D eigenvalue weighted by molar-refractivity contribution is 4.90. The van der Waals surface area contributed by atoms with Crippen molar-refractivity contribution < 1.29 is 0 Å². The first-order valence-corrected chi connectivity index (χ1v) is 7.24. The molecule has 18 heavy (non-hydrogen) atoms. The highest BCUT2D eigenvalue weighted by Crippen LogP contribution is 2.14. The van der Waals surface area contributed by atoms with E-state index >= 15 is 0 Å². The van der Waals surface area contributed by atoms with Gasteiger partial charge >= 0.3 is 0 Å². The van der Waals surface area contributed by atoms with Crippen LogP contribution in [0, 0.1) is 12.3 Å². The second-order valence-electron chi connectivity index (χ2n) is 5.47. The topological polar surface area (TPSA) is 18.5 Å². The molecule has 1 aliphatic heterocycles. The Kier molecular flexibility index (Phi) is 7.34. The Bertz CT molecular complexity index is 259. The maximum atomic E-state index is 5.35. The van der Waals surface area contributed by atoms with Crippen LogP contribution < -0.4 is 5.32 Å². The fraction of sp³-hybridized carbons (Fsp3) is 0.867. The number of piperazine rings is 1. The minimum absolute atomic E-state index is 0.575. The van der Waals surface area contributed by atoms with E-state index in [9.17, 15) is 0 Å². The fourth-order valence-electron chi connectivity index (χ4n) is 2.66. The summed E-state index contributed by atoms with van der Waals surface area (Å²) in [5.74, 6) is 2.75. The van der Waals surface area contributed by atoms with Crippen molar-refractivity contribution in [3.63, 3.8) is 0 Å². The van der Waals surface area contributed by atoms with E-state index in [1.54, 1.807) is 0 Å². The molecule has 1 aliphatic rings. The summed E-state index contributed by atoms with van der Waals surface area (Å²) in [4.78, 5) is 4.94. The molecule has 0 amide bonds. The number of unbranched alkanes of at least 4 members (excludes halogenated alkanes) is 1. The lowest BCUT2D eigenvalue weighted by molar-refractivity contribution is 0.0848. The van der Waals surface area contributed by atoms with E-state index in [0.717, 1.165) is 25.9 Å². The predicted molar refractivity (Wildman–Crippen MR) is 78.7 cm³/mol. The lowest BCUT2D eigenvalue weighted by atomic mass is 9.98. The number of nitrogens with zero attached hydrogens (tertiary/aromatic N) is 2. The van der Waals surface area contributed by atoms with E-state index in [4.69, 9.17) is 6.42 Å². The van der Waals surface area contributed by atoms with Gasteiger partial charge in [0.25, 0.3) is 0 Å². The van der Waals surface area contributed by atoms with Crippen LogP contribution >= 0.6 is 0 Å². The molecule has 1 heterocycles. The Labute approximate surface area is 113 Å². The second kappa shape index (κ2) is 8.53. The SMILES string of the molecule is C#CCCCC(NCCC)C1CN(C)CCN1C. The molecular weight excluding hydrogens is 222 g/mol. The molecule has 104 valence electrons. The minimum Gasteiger partial charge on any atom is -0.312 e. The lowest BCUT2D eigenvalue weighted by Gasteiger charge is -2.42. The van der Waals surface area contributed by atoms with Gasteiger partial charge in [-0.1, -0.05) is 6.92 Å². The van der Waals surface area contributed by atoms with E-state index in [1.807, 2.05) is 0 Å². The normalized spacial score (nSPS) is 23.8. The summed E-state index contributed by atoms with van der Waals surface area (Å²) in [5.41, 5.74) is 0. The van der Waals surface area contributed by atoms with Crippen molar-refractivity contribution in [2.24, 2.45) is 0 Å². The van der Waals surface area contributed by atoms with Crippen molar-refractivity contribution >= 4 is 0 Å². The van der Waals surface area contributed by atoms with Gasteiger partial charge in [0.05, 0.1) is 0 Å². The quantitative estimate of drug-likeness (QED) is 0.545. The molecule has 0 bridgehead atoms. The molecule has 1 rings (SSSR count). The van der Waals surface area contributed by atoms with Gasteiger partial charge in [-0.2, -0.15) is 0 Å². The Morgan fingerprint density at radius 3 is 2.83 bits per heavy atom. The number of likely N-dealkylation sites (N-methyl/N-ethyl adjacent to an activating group) is 2. The van der Waals surface area contributed by atoms with Crippen molar-refractivity contribution in [2.75, 3.05) is 40.3 Å². The van der Waals surface area contributed by atoms with E-state index in [0.29, 0.717) is 12.1 Å². The first-order valence-electron chi connectivity index (χ1n) is 7.24. The molecule has 1 saturated heterocycles. The smallest absolute Gasteiger partial charge is 0.0373 e. The second-order valence-corrected chi connectivity index (χ2v) is 5.47. The number of nitrogens with one attached hydrogen (secondary N) is 1. The molecule has 3 nitrogen and oxygen atoms in total. The van der Waals surface area contributed by atoms with Crippen LogP contribution in [0.5, 0.6) is 0 Å². The molecule has 0 saturated carbocycles. The van der Waals surface area contributed by atoms with E-state index in [1.165, 1.54) is 25.9 Å². The van der Waals surface area contributed by atoms with Crippen LogP contribution in [0.3, 0.4) is 0 Å². The van der Waals surface area contributed by atoms with Crippen LogP contribution in [0.4, 0.5) is 0 Å². The van der Waals surface area contributed by atoms with Crippen molar-refractivity contribution in [3.8, 4) is 12.3 Å². The Hall–Kier alpha value is -0.560. The van der Waals surface area contributed by atoms with Crippen LogP contribution in [0.15, 0.2) is 0 Å². The van der Waals surface area contributed by atoms with Crippen LogP contribution in [-0.4, -0.2) is 62.2 Å². The molecule has 0 spiro atoms. The molecule has 0 radical (unpaired) electrons. The molecule has 2 unspecified atom stereocenters. The Balaban J connectivity index is 2.52. The summed E-state index contributed by atoms with van der Waals surface area (Å²) in [7, 11) is 4.47. The van der Waals surface area contributed by atoms with Gasteiger partial charge in [-0.3, -0.25) is 4.90 Å². The summed E-state index contributed by atoms with van der Waals surface area (Å²) in [6, 6.07) is 1.19. The molecule has 1 fully saturated rings. The summed E-state index contributed by atoms with van der Waals surface area (Å²) in [5, 5.41) is 3.71. The van der Waals surface area contributed by atoms with E-state index in [2.05, 4.69) is 42.1 Å². The highest BCUT2D eigenvalue weighted by Gasteiger charge is 2.28. The van der Waals surface area contributed by atoms with Gasteiger partial charge in [-0.15, -0.1) is 12.3 Å². The maximum Gasteiger partial charge on any atom is 0.0373 e.